The van der Waals surface area contributed by atoms with E-state index in [0.29, 0.717) is 16.7 Å². The summed E-state index contributed by atoms with van der Waals surface area (Å²) in [5.74, 6) is 0.579. The molecule has 0 aliphatic rings. The van der Waals surface area contributed by atoms with Crippen LogP contribution in [0.4, 0.5) is 0 Å². The second-order valence-corrected chi connectivity index (χ2v) is 4.87. The molecule has 0 bridgehead atoms. The number of hydrogen-bond donors (Lipinski definition) is 0. The first-order valence-electron chi connectivity index (χ1n) is 5.47. The van der Waals surface area contributed by atoms with Gasteiger partial charge in [0.15, 0.2) is 11.5 Å². The molecule has 19 heavy (non-hydrogen) atoms. The first-order valence-corrected chi connectivity index (χ1v) is 6.73. The second-order valence-electron chi connectivity index (χ2n) is 3.97. The average Bonchev–Trinajstić information content (AvgIpc) is 2.79. The van der Waals surface area contributed by atoms with Gasteiger partial charge in [-0.1, -0.05) is 11.6 Å². The van der Waals surface area contributed by atoms with Crippen LogP contribution in [-0.2, 0) is 3.07 Å². The molecule has 1 atom stereocenters. The van der Waals surface area contributed by atoms with Gasteiger partial charge in [0.05, 0.1) is 6.10 Å². The van der Waals surface area contributed by atoms with Crippen LogP contribution < -0.4 is 0 Å². The van der Waals surface area contributed by atoms with E-state index in [4.69, 9.17) is 19.9 Å². The number of rotatable bonds is 3. The van der Waals surface area contributed by atoms with E-state index in [-0.39, 0.29) is 6.10 Å². The fourth-order valence-corrected chi connectivity index (χ4v) is 2.13. The summed E-state index contributed by atoms with van der Waals surface area (Å²) in [7, 11) is 0. The second kappa shape index (κ2) is 5.86. The van der Waals surface area contributed by atoms with Gasteiger partial charge in [-0.3, -0.25) is 0 Å². The Morgan fingerprint density at radius 2 is 2.26 bits per heavy atom. The third-order valence-electron chi connectivity index (χ3n) is 2.65. The molecule has 0 radical (unpaired) electrons. The van der Waals surface area contributed by atoms with Gasteiger partial charge in [0.25, 0.3) is 0 Å². The van der Waals surface area contributed by atoms with E-state index in [2.05, 4.69) is 10.1 Å². The van der Waals surface area contributed by atoms with Crippen LogP contribution in [0.5, 0.6) is 0 Å². The number of halogens is 2. The Kier molecular flexibility index (Phi) is 4.39. The van der Waals surface area contributed by atoms with E-state index in [1.165, 1.54) is 0 Å². The Balaban J connectivity index is 2.63. The molecule has 2 aromatic rings. The van der Waals surface area contributed by atoms with Gasteiger partial charge in [0.2, 0.25) is 0 Å². The zero-order chi connectivity index (χ0) is 14.0. The van der Waals surface area contributed by atoms with Crippen molar-refractivity contribution in [1.82, 2.24) is 14.8 Å². The molecule has 7 heteroatoms. The van der Waals surface area contributed by atoms with Gasteiger partial charge in [-0.25, -0.2) is 9.67 Å². The maximum absolute atomic E-state index is 8.90. The highest BCUT2D eigenvalue weighted by Crippen LogP contribution is 2.26. The van der Waals surface area contributed by atoms with Gasteiger partial charge in [0, 0.05) is 11.3 Å². The molecular formula is C12H10ClIN4O. The van der Waals surface area contributed by atoms with Crippen LogP contribution in [0.1, 0.15) is 30.0 Å². The summed E-state index contributed by atoms with van der Waals surface area (Å²) >= 11 is 7.79. The predicted octanol–water partition coefficient (Wildman–Crippen LogP) is 3.53. The smallest absolute Gasteiger partial charge is 0.163 e. The Hall–Kier alpha value is -1.17. The number of pyridine rings is 1. The number of nitriles is 1. The molecule has 2 aromatic heterocycles. The van der Waals surface area contributed by atoms with Crippen molar-refractivity contribution in [2.45, 2.75) is 20.0 Å². The van der Waals surface area contributed by atoms with E-state index in [0.717, 1.165) is 11.3 Å². The number of hydrogen-bond acceptors (Lipinski definition) is 4. The maximum atomic E-state index is 8.90. The van der Waals surface area contributed by atoms with Crippen LogP contribution in [0.25, 0.3) is 5.82 Å². The maximum Gasteiger partial charge on any atom is 0.163 e. The Morgan fingerprint density at radius 3 is 2.84 bits per heavy atom. The van der Waals surface area contributed by atoms with Crippen LogP contribution in [-0.4, -0.2) is 14.8 Å². The van der Waals surface area contributed by atoms with Crippen LogP contribution in [0.3, 0.4) is 0 Å². The van der Waals surface area contributed by atoms with Gasteiger partial charge in [0.1, 0.15) is 34.2 Å². The van der Waals surface area contributed by atoms with E-state index in [1.807, 2.05) is 49.0 Å². The molecule has 1 unspecified atom stereocenters. The van der Waals surface area contributed by atoms with Crippen molar-refractivity contribution in [2.75, 3.05) is 0 Å². The molecule has 2 rings (SSSR count). The van der Waals surface area contributed by atoms with Crippen molar-refractivity contribution >= 4 is 34.6 Å². The van der Waals surface area contributed by atoms with Crippen molar-refractivity contribution < 1.29 is 3.07 Å². The largest absolute Gasteiger partial charge is 0.308 e. The minimum absolute atomic E-state index is 0.158. The lowest BCUT2D eigenvalue weighted by atomic mass is 10.1. The molecule has 0 amide bonds. The van der Waals surface area contributed by atoms with Crippen molar-refractivity contribution in [3.8, 4) is 11.9 Å². The lowest BCUT2D eigenvalue weighted by Crippen LogP contribution is -2.08. The summed E-state index contributed by atoms with van der Waals surface area (Å²) in [6, 6.07) is 7.26. The highest BCUT2D eigenvalue weighted by Gasteiger charge is 2.17. The van der Waals surface area contributed by atoms with Crippen molar-refractivity contribution in [3.63, 3.8) is 0 Å². The minimum Gasteiger partial charge on any atom is -0.308 e. The minimum atomic E-state index is -0.158. The van der Waals surface area contributed by atoms with Crippen LogP contribution in [0.15, 0.2) is 18.2 Å². The van der Waals surface area contributed by atoms with Crippen molar-refractivity contribution in [1.29, 1.82) is 5.26 Å². The monoisotopic (exact) mass is 388 g/mol. The van der Waals surface area contributed by atoms with Gasteiger partial charge in [-0.2, -0.15) is 10.4 Å². The summed E-state index contributed by atoms with van der Waals surface area (Å²) in [6.45, 7) is 3.76. The third-order valence-corrected chi connectivity index (χ3v) is 3.62. The Morgan fingerprint density at radius 1 is 1.53 bits per heavy atom. The average molecular weight is 389 g/mol. The number of aromatic nitrogens is 3. The highest BCUT2D eigenvalue weighted by atomic mass is 127. The molecule has 5 nitrogen and oxygen atoms in total. The summed E-state index contributed by atoms with van der Waals surface area (Å²) in [5, 5.41) is 13.5. The zero-order valence-electron chi connectivity index (χ0n) is 10.3. The van der Waals surface area contributed by atoms with Crippen molar-refractivity contribution in [2.24, 2.45) is 0 Å². The van der Waals surface area contributed by atoms with Crippen LogP contribution in [0.2, 0.25) is 5.15 Å². The van der Waals surface area contributed by atoms with Crippen LogP contribution >= 0.6 is 34.6 Å². The molecule has 2 heterocycles. The molecule has 0 saturated carbocycles. The number of aryl methyl sites for hydroxylation is 1. The first kappa shape index (κ1) is 14.2. The fraction of sp³-hybridized carbons (Fsp3) is 0.250. The third kappa shape index (κ3) is 2.88. The molecule has 0 N–H and O–H groups in total. The normalized spacial score (nSPS) is 12.2. The lowest BCUT2D eigenvalue weighted by molar-refractivity contribution is 0.316. The lowest BCUT2D eigenvalue weighted by Gasteiger charge is -2.14. The van der Waals surface area contributed by atoms with Gasteiger partial charge in [-0.05, 0) is 32.0 Å². The highest BCUT2D eigenvalue weighted by molar-refractivity contribution is 14.1. The van der Waals surface area contributed by atoms with E-state index in [1.54, 1.807) is 16.8 Å². The molecule has 98 valence electrons. The van der Waals surface area contributed by atoms with E-state index in [9.17, 15) is 0 Å². The number of nitrogens with zero attached hydrogens (tertiary/aromatic N) is 4. The summed E-state index contributed by atoms with van der Waals surface area (Å²) in [5.41, 5.74) is 2.01. The SMILES string of the molecule is Cc1cc(C#N)nn1-c1nc(Cl)ccc1C(C)OI. The first-order chi connectivity index (χ1) is 9.06. The molecule has 0 saturated heterocycles. The van der Waals surface area contributed by atoms with Crippen molar-refractivity contribution in [3.05, 3.63) is 40.3 Å². The Bertz CT molecular complexity index is 650. The molecule has 0 spiro atoms. The van der Waals surface area contributed by atoms with Gasteiger partial charge in [-0.15, -0.1) is 0 Å². The molecular weight excluding hydrogens is 379 g/mol. The summed E-state index contributed by atoms with van der Waals surface area (Å²) in [6.07, 6.45) is -0.158. The zero-order valence-corrected chi connectivity index (χ0v) is 13.2. The standard InChI is InChI=1S/C12H10ClIN4O/c1-7-5-9(6-15)17-18(7)12-10(8(2)19-14)3-4-11(13)16-12/h3-5,8H,1-2H3. The van der Waals surface area contributed by atoms with Gasteiger partial charge >= 0.3 is 0 Å². The molecule has 0 aliphatic heterocycles. The summed E-state index contributed by atoms with van der Waals surface area (Å²) in [4.78, 5) is 4.29. The molecule has 0 aliphatic carbocycles. The van der Waals surface area contributed by atoms with E-state index < -0.39 is 0 Å². The topological polar surface area (TPSA) is 63.7 Å². The quantitative estimate of drug-likeness (QED) is 0.596. The van der Waals surface area contributed by atoms with Gasteiger partial charge < -0.3 is 3.07 Å². The summed E-state index contributed by atoms with van der Waals surface area (Å²) < 4.78 is 6.90. The predicted molar refractivity (Wildman–Crippen MR) is 79.3 cm³/mol. The van der Waals surface area contributed by atoms with Crippen LogP contribution in [0, 0.1) is 18.3 Å². The fourth-order valence-electron chi connectivity index (χ4n) is 1.71. The molecule has 0 fully saturated rings. The molecule has 0 aromatic carbocycles. The Labute approximate surface area is 129 Å². The van der Waals surface area contributed by atoms with E-state index >= 15 is 0 Å².